The third kappa shape index (κ3) is 5.58. The molecule has 0 aliphatic rings. The van der Waals surface area contributed by atoms with Gasteiger partial charge in [-0.05, 0) is 42.8 Å². The number of carbonyl (C=O) groups is 2. The molecular formula is C17H14Cl2O4. The fourth-order valence-electron chi connectivity index (χ4n) is 1.78. The number of halogens is 2. The van der Waals surface area contributed by atoms with Crippen LogP contribution in [-0.4, -0.2) is 11.9 Å². The van der Waals surface area contributed by atoms with Crippen LogP contribution in [-0.2, 0) is 9.59 Å². The molecular weight excluding hydrogens is 339 g/mol. The van der Waals surface area contributed by atoms with E-state index in [1.807, 2.05) is 6.92 Å². The molecule has 0 amide bonds. The van der Waals surface area contributed by atoms with Crippen LogP contribution in [0, 0.1) is 6.92 Å². The van der Waals surface area contributed by atoms with Gasteiger partial charge in [-0.15, -0.1) is 0 Å². The van der Waals surface area contributed by atoms with E-state index in [1.54, 1.807) is 36.4 Å². The largest absolute Gasteiger partial charge is 0.426 e. The summed E-state index contributed by atoms with van der Waals surface area (Å²) in [5, 5.41) is 0.809. The van der Waals surface area contributed by atoms with Crippen LogP contribution < -0.4 is 9.47 Å². The maximum Gasteiger partial charge on any atom is 0.311 e. The number of carbonyl (C=O) groups excluding carboxylic acids is 2. The number of ether oxygens (including phenoxy) is 2. The summed E-state index contributed by atoms with van der Waals surface area (Å²) in [6.07, 6.45) is -0.210. The van der Waals surface area contributed by atoms with Gasteiger partial charge < -0.3 is 9.47 Å². The van der Waals surface area contributed by atoms with Crippen LogP contribution in [0.15, 0.2) is 42.5 Å². The Balaban J connectivity index is 1.83. The number of rotatable bonds is 5. The summed E-state index contributed by atoms with van der Waals surface area (Å²) in [4.78, 5) is 23.4. The highest BCUT2D eigenvalue weighted by Crippen LogP contribution is 2.25. The molecule has 2 aromatic carbocycles. The Morgan fingerprint density at radius 1 is 0.957 bits per heavy atom. The van der Waals surface area contributed by atoms with Gasteiger partial charge in [0.05, 0.1) is 17.9 Å². The van der Waals surface area contributed by atoms with Crippen molar-refractivity contribution in [3.8, 4) is 11.5 Å². The molecule has 6 heteroatoms. The van der Waals surface area contributed by atoms with E-state index in [0.29, 0.717) is 15.8 Å². The fraction of sp³-hybridized carbons (Fsp3) is 0.176. The lowest BCUT2D eigenvalue weighted by Crippen LogP contribution is -2.14. The first-order chi connectivity index (χ1) is 10.9. The minimum absolute atomic E-state index is 0.102. The van der Waals surface area contributed by atoms with Gasteiger partial charge in [-0.3, -0.25) is 9.59 Å². The van der Waals surface area contributed by atoms with E-state index in [4.69, 9.17) is 32.7 Å². The van der Waals surface area contributed by atoms with Crippen molar-refractivity contribution in [1.29, 1.82) is 0 Å². The van der Waals surface area contributed by atoms with Crippen LogP contribution in [0.25, 0.3) is 0 Å². The van der Waals surface area contributed by atoms with Crippen LogP contribution in [0.3, 0.4) is 0 Å². The van der Waals surface area contributed by atoms with E-state index >= 15 is 0 Å². The monoisotopic (exact) mass is 352 g/mol. The molecule has 0 heterocycles. The predicted molar refractivity (Wildman–Crippen MR) is 88.1 cm³/mol. The van der Waals surface area contributed by atoms with Crippen molar-refractivity contribution in [2.24, 2.45) is 0 Å². The Bertz CT molecular complexity index is 728. The quantitative estimate of drug-likeness (QED) is 0.583. The number of esters is 2. The maximum absolute atomic E-state index is 11.8. The highest BCUT2D eigenvalue weighted by molar-refractivity contribution is 6.32. The zero-order valence-corrected chi connectivity index (χ0v) is 13.9. The smallest absolute Gasteiger partial charge is 0.311 e. The van der Waals surface area contributed by atoms with Gasteiger partial charge in [0.2, 0.25) is 0 Å². The van der Waals surface area contributed by atoms with Crippen LogP contribution in [0.2, 0.25) is 10.0 Å². The summed E-state index contributed by atoms with van der Waals surface area (Å²) >= 11 is 11.8. The highest BCUT2D eigenvalue weighted by atomic mass is 35.5. The topological polar surface area (TPSA) is 52.6 Å². The first kappa shape index (κ1) is 17.3. The molecule has 0 fully saturated rings. The van der Waals surface area contributed by atoms with Gasteiger partial charge in [-0.1, -0.05) is 35.3 Å². The molecule has 0 unspecified atom stereocenters. The lowest BCUT2D eigenvalue weighted by atomic mass is 10.2. The Morgan fingerprint density at radius 3 is 2.30 bits per heavy atom. The van der Waals surface area contributed by atoms with Gasteiger partial charge in [0, 0.05) is 5.02 Å². The second kappa shape index (κ2) is 7.99. The van der Waals surface area contributed by atoms with Crippen LogP contribution in [0.5, 0.6) is 11.5 Å². The lowest BCUT2D eigenvalue weighted by Gasteiger charge is -2.07. The molecule has 0 radical (unpaired) electrons. The van der Waals surface area contributed by atoms with Crippen molar-refractivity contribution in [3.05, 3.63) is 58.1 Å². The number of aryl methyl sites for hydroxylation is 1. The van der Waals surface area contributed by atoms with E-state index in [0.717, 1.165) is 5.56 Å². The Kier molecular flexibility index (Phi) is 6.02. The summed E-state index contributed by atoms with van der Waals surface area (Å²) in [5.74, 6) is -0.499. The molecule has 0 saturated heterocycles. The second-order valence-electron chi connectivity index (χ2n) is 4.84. The number of benzene rings is 2. The molecule has 0 aliphatic heterocycles. The average Bonchev–Trinajstić information content (AvgIpc) is 2.48. The first-order valence-corrected chi connectivity index (χ1v) is 7.63. The zero-order chi connectivity index (χ0) is 16.8. The van der Waals surface area contributed by atoms with E-state index in [-0.39, 0.29) is 18.6 Å². The van der Waals surface area contributed by atoms with E-state index in [9.17, 15) is 9.59 Å². The van der Waals surface area contributed by atoms with E-state index in [1.165, 1.54) is 6.07 Å². The van der Waals surface area contributed by atoms with Crippen molar-refractivity contribution < 1.29 is 19.1 Å². The van der Waals surface area contributed by atoms with Crippen molar-refractivity contribution >= 4 is 35.1 Å². The summed E-state index contributed by atoms with van der Waals surface area (Å²) < 4.78 is 10.2. The van der Waals surface area contributed by atoms with Gasteiger partial charge in [0.1, 0.15) is 11.5 Å². The molecule has 0 saturated carbocycles. The van der Waals surface area contributed by atoms with Gasteiger partial charge in [0.25, 0.3) is 0 Å². The van der Waals surface area contributed by atoms with Gasteiger partial charge in [-0.2, -0.15) is 0 Å². The van der Waals surface area contributed by atoms with Crippen molar-refractivity contribution in [3.63, 3.8) is 0 Å². The van der Waals surface area contributed by atoms with Gasteiger partial charge >= 0.3 is 11.9 Å². The minimum atomic E-state index is -0.557. The summed E-state index contributed by atoms with van der Waals surface area (Å²) in [5.41, 5.74) is 0.958. The summed E-state index contributed by atoms with van der Waals surface area (Å²) in [7, 11) is 0. The van der Waals surface area contributed by atoms with Gasteiger partial charge in [-0.25, -0.2) is 0 Å². The molecule has 23 heavy (non-hydrogen) atoms. The molecule has 0 N–H and O–H groups in total. The van der Waals surface area contributed by atoms with Crippen LogP contribution >= 0.6 is 23.2 Å². The summed E-state index contributed by atoms with van der Waals surface area (Å²) in [6, 6.07) is 11.5. The standard InChI is InChI=1S/C17H14Cl2O4/c1-11-5-6-15(14(19)9-11)23-17(21)8-7-16(20)22-13-4-2-3-12(18)10-13/h2-6,9-10H,7-8H2,1H3. The third-order valence-electron chi connectivity index (χ3n) is 2.87. The Morgan fingerprint density at radius 2 is 1.65 bits per heavy atom. The van der Waals surface area contributed by atoms with Crippen LogP contribution in [0.1, 0.15) is 18.4 Å². The molecule has 2 rings (SSSR count). The molecule has 4 nitrogen and oxygen atoms in total. The molecule has 0 aromatic heterocycles. The SMILES string of the molecule is Cc1ccc(OC(=O)CCC(=O)Oc2cccc(Cl)c2)c(Cl)c1. The molecule has 2 aromatic rings. The second-order valence-corrected chi connectivity index (χ2v) is 5.68. The molecule has 0 bridgehead atoms. The molecule has 120 valence electrons. The van der Waals surface area contributed by atoms with Crippen molar-refractivity contribution in [1.82, 2.24) is 0 Å². The predicted octanol–water partition coefficient (Wildman–Crippen LogP) is 4.59. The Labute approximate surface area is 143 Å². The number of hydrogen-bond donors (Lipinski definition) is 0. The van der Waals surface area contributed by atoms with Crippen molar-refractivity contribution in [2.45, 2.75) is 19.8 Å². The first-order valence-electron chi connectivity index (χ1n) is 6.87. The molecule has 0 atom stereocenters. The lowest BCUT2D eigenvalue weighted by molar-refractivity contribution is -0.140. The molecule has 0 aliphatic carbocycles. The number of hydrogen-bond acceptors (Lipinski definition) is 4. The zero-order valence-electron chi connectivity index (χ0n) is 12.3. The highest BCUT2D eigenvalue weighted by Gasteiger charge is 2.12. The normalized spacial score (nSPS) is 10.2. The average molecular weight is 353 g/mol. The fourth-order valence-corrected chi connectivity index (χ4v) is 2.23. The Hall–Kier alpha value is -2.04. The minimum Gasteiger partial charge on any atom is -0.426 e. The third-order valence-corrected chi connectivity index (χ3v) is 3.40. The molecule has 0 spiro atoms. The maximum atomic E-state index is 11.8. The van der Waals surface area contributed by atoms with E-state index < -0.39 is 11.9 Å². The van der Waals surface area contributed by atoms with Crippen LogP contribution in [0.4, 0.5) is 0 Å². The van der Waals surface area contributed by atoms with Crippen molar-refractivity contribution in [2.75, 3.05) is 0 Å². The van der Waals surface area contributed by atoms with Gasteiger partial charge in [0.15, 0.2) is 0 Å². The van der Waals surface area contributed by atoms with E-state index in [2.05, 4.69) is 0 Å². The summed E-state index contributed by atoms with van der Waals surface area (Å²) in [6.45, 7) is 1.88.